The van der Waals surface area contributed by atoms with Gasteiger partial charge in [-0.05, 0) is 50.0 Å². The number of hydrogen-bond donors (Lipinski definition) is 2. The highest BCUT2D eigenvalue weighted by molar-refractivity contribution is 5.81. The Bertz CT molecular complexity index is 263. The summed E-state index contributed by atoms with van der Waals surface area (Å²) in [6.45, 7) is 6.33. The van der Waals surface area contributed by atoms with Crippen LogP contribution in [-0.4, -0.2) is 25.0 Å². The Morgan fingerprint density at radius 1 is 1.41 bits per heavy atom. The molecule has 17 heavy (non-hydrogen) atoms. The predicted molar refractivity (Wildman–Crippen MR) is 69.7 cm³/mol. The standard InChI is InChI=1S/C14H26N2O/c1-3-11-6-7-15-13(8-11)14(17)16-9-10(2)12-4-5-12/h10-13,15H,3-9H2,1-2H3,(H,16,17). The van der Waals surface area contributed by atoms with Gasteiger partial charge in [-0.25, -0.2) is 0 Å². The second kappa shape index (κ2) is 5.85. The van der Waals surface area contributed by atoms with Crippen LogP contribution in [-0.2, 0) is 4.79 Å². The fourth-order valence-electron chi connectivity index (χ4n) is 2.78. The minimum atomic E-state index is 0.0557. The van der Waals surface area contributed by atoms with Crippen LogP contribution in [0.15, 0.2) is 0 Å². The van der Waals surface area contributed by atoms with Crippen LogP contribution in [0.1, 0.15) is 46.0 Å². The second-order valence-corrected chi connectivity index (χ2v) is 5.87. The van der Waals surface area contributed by atoms with Gasteiger partial charge in [0.05, 0.1) is 6.04 Å². The van der Waals surface area contributed by atoms with E-state index in [2.05, 4.69) is 24.5 Å². The Labute approximate surface area is 105 Å². The Kier molecular flexibility index (Phi) is 4.43. The molecule has 0 radical (unpaired) electrons. The molecule has 0 aromatic heterocycles. The Morgan fingerprint density at radius 2 is 2.18 bits per heavy atom. The van der Waals surface area contributed by atoms with Crippen molar-refractivity contribution in [3.63, 3.8) is 0 Å². The van der Waals surface area contributed by atoms with Crippen molar-refractivity contribution in [2.75, 3.05) is 13.1 Å². The SMILES string of the molecule is CCC1CCNC(C(=O)NCC(C)C2CC2)C1. The summed E-state index contributed by atoms with van der Waals surface area (Å²) in [5.41, 5.74) is 0. The summed E-state index contributed by atoms with van der Waals surface area (Å²) in [4.78, 5) is 12.0. The van der Waals surface area contributed by atoms with Crippen molar-refractivity contribution in [1.29, 1.82) is 0 Å². The lowest BCUT2D eigenvalue weighted by Gasteiger charge is -2.29. The third-order valence-corrected chi connectivity index (χ3v) is 4.43. The normalized spacial score (nSPS) is 30.9. The maximum Gasteiger partial charge on any atom is 0.237 e. The van der Waals surface area contributed by atoms with Gasteiger partial charge in [0.15, 0.2) is 0 Å². The first-order valence-corrected chi connectivity index (χ1v) is 7.21. The number of carbonyl (C=O) groups is 1. The maximum atomic E-state index is 12.0. The largest absolute Gasteiger partial charge is 0.354 e. The summed E-state index contributed by atoms with van der Waals surface area (Å²) >= 11 is 0. The topological polar surface area (TPSA) is 41.1 Å². The van der Waals surface area contributed by atoms with E-state index in [4.69, 9.17) is 0 Å². The van der Waals surface area contributed by atoms with E-state index in [9.17, 15) is 4.79 Å². The molecule has 1 amide bonds. The molecule has 1 saturated carbocycles. The number of amides is 1. The quantitative estimate of drug-likeness (QED) is 0.768. The third kappa shape index (κ3) is 3.70. The second-order valence-electron chi connectivity index (χ2n) is 5.87. The van der Waals surface area contributed by atoms with E-state index >= 15 is 0 Å². The molecule has 1 aliphatic heterocycles. The Morgan fingerprint density at radius 3 is 2.82 bits per heavy atom. The molecule has 3 atom stereocenters. The molecule has 3 heteroatoms. The molecule has 0 spiro atoms. The van der Waals surface area contributed by atoms with E-state index < -0.39 is 0 Å². The number of hydrogen-bond acceptors (Lipinski definition) is 2. The van der Waals surface area contributed by atoms with Crippen LogP contribution in [0.5, 0.6) is 0 Å². The van der Waals surface area contributed by atoms with Gasteiger partial charge in [-0.15, -0.1) is 0 Å². The molecule has 1 heterocycles. The van der Waals surface area contributed by atoms with Crippen molar-refractivity contribution >= 4 is 5.91 Å². The zero-order valence-corrected chi connectivity index (χ0v) is 11.2. The van der Waals surface area contributed by atoms with E-state index in [0.717, 1.165) is 31.3 Å². The molecule has 0 bridgehead atoms. The van der Waals surface area contributed by atoms with Gasteiger partial charge in [-0.2, -0.15) is 0 Å². The van der Waals surface area contributed by atoms with Gasteiger partial charge in [0.2, 0.25) is 5.91 Å². The molecular formula is C14H26N2O. The summed E-state index contributed by atoms with van der Waals surface area (Å²) in [6.07, 6.45) is 6.15. The van der Waals surface area contributed by atoms with Gasteiger partial charge in [-0.1, -0.05) is 20.3 Å². The molecule has 2 N–H and O–H groups in total. The van der Waals surface area contributed by atoms with Gasteiger partial charge < -0.3 is 10.6 Å². The molecule has 0 aromatic carbocycles. The summed E-state index contributed by atoms with van der Waals surface area (Å²) in [7, 11) is 0. The number of nitrogens with one attached hydrogen (secondary N) is 2. The van der Waals surface area contributed by atoms with Crippen molar-refractivity contribution < 1.29 is 4.79 Å². The van der Waals surface area contributed by atoms with Crippen LogP contribution >= 0.6 is 0 Å². The first-order valence-electron chi connectivity index (χ1n) is 7.21. The summed E-state index contributed by atoms with van der Waals surface area (Å²) < 4.78 is 0. The molecule has 2 rings (SSSR count). The zero-order chi connectivity index (χ0) is 12.3. The van der Waals surface area contributed by atoms with Crippen molar-refractivity contribution in [1.82, 2.24) is 10.6 Å². The monoisotopic (exact) mass is 238 g/mol. The molecule has 2 aliphatic rings. The molecule has 1 saturated heterocycles. The average molecular weight is 238 g/mol. The summed E-state index contributed by atoms with van der Waals surface area (Å²) in [5.74, 6) is 2.48. The van der Waals surface area contributed by atoms with Gasteiger partial charge in [-0.3, -0.25) is 4.79 Å². The third-order valence-electron chi connectivity index (χ3n) is 4.43. The highest BCUT2D eigenvalue weighted by Gasteiger charge is 2.29. The molecule has 98 valence electrons. The van der Waals surface area contributed by atoms with Crippen molar-refractivity contribution in [3.8, 4) is 0 Å². The van der Waals surface area contributed by atoms with E-state index in [1.165, 1.54) is 25.7 Å². The molecule has 2 fully saturated rings. The Hall–Kier alpha value is -0.570. The first-order chi connectivity index (χ1) is 8.20. The van der Waals surface area contributed by atoms with Crippen LogP contribution in [0.3, 0.4) is 0 Å². The maximum absolute atomic E-state index is 12.0. The van der Waals surface area contributed by atoms with E-state index in [0.29, 0.717) is 5.92 Å². The zero-order valence-electron chi connectivity index (χ0n) is 11.2. The minimum absolute atomic E-state index is 0.0557. The van der Waals surface area contributed by atoms with Crippen molar-refractivity contribution in [2.45, 2.75) is 52.0 Å². The van der Waals surface area contributed by atoms with Gasteiger partial charge in [0.25, 0.3) is 0 Å². The van der Waals surface area contributed by atoms with E-state index in [-0.39, 0.29) is 11.9 Å². The molecule has 1 aliphatic carbocycles. The lowest BCUT2D eigenvalue weighted by atomic mass is 9.90. The van der Waals surface area contributed by atoms with Crippen molar-refractivity contribution in [3.05, 3.63) is 0 Å². The van der Waals surface area contributed by atoms with Crippen LogP contribution in [0, 0.1) is 17.8 Å². The van der Waals surface area contributed by atoms with Crippen LogP contribution in [0.2, 0.25) is 0 Å². The predicted octanol–water partition coefficient (Wildman–Crippen LogP) is 1.93. The van der Waals surface area contributed by atoms with Crippen LogP contribution in [0.4, 0.5) is 0 Å². The summed E-state index contributed by atoms with van der Waals surface area (Å²) in [5, 5.41) is 6.46. The van der Waals surface area contributed by atoms with Crippen LogP contribution in [0.25, 0.3) is 0 Å². The Balaban J connectivity index is 1.70. The van der Waals surface area contributed by atoms with Gasteiger partial charge in [0, 0.05) is 6.54 Å². The fraction of sp³-hybridized carbons (Fsp3) is 0.929. The number of carbonyl (C=O) groups excluding carboxylic acids is 1. The van der Waals surface area contributed by atoms with Crippen LogP contribution < -0.4 is 10.6 Å². The molecule has 3 unspecified atom stereocenters. The highest BCUT2D eigenvalue weighted by Crippen LogP contribution is 2.36. The smallest absolute Gasteiger partial charge is 0.237 e. The highest BCUT2D eigenvalue weighted by atomic mass is 16.2. The van der Waals surface area contributed by atoms with Gasteiger partial charge in [0.1, 0.15) is 0 Å². The number of rotatable bonds is 5. The van der Waals surface area contributed by atoms with E-state index in [1.54, 1.807) is 0 Å². The first kappa shape index (κ1) is 12.9. The molecule has 3 nitrogen and oxygen atoms in total. The lowest BCUT2D eigenvalue weighted by Crippen LogP contribution is -2.49. The van der Waals surface area contributed by atoms with Crippen molar-refractivity contribution in [2.24, 2.45) is 17.8 Å². The molecule has 0 aromatic rings. The lowest BCUT2D eigenvalue weighted by molar-refractivity contribution is -0.124. The van der Waals surface area contributed by atoms with Gasteiger partial charge >= 0.3 is 0 Å². The number of piperidine rings is 1. The summed E-state index contributed by atoms with van der Waals surface area (Å²) in [6, 6.07) is 0.0557. The van der Waals surface area contributed by atoms with E-state index in [1.807, 2.05) is 0 Å². The average Bonchev–Trinajstić information content (AvgIpc) is 3.19. The fourth-order valence-corrected chi connectivity index (χ4v) is 2.78. The molecular weight excluding hydrogens is 212 g/mol. The minimum Gasteiger partial charge on any atom is -0.354 e.